The first kappa shape index (κ1) is 37.3. The lowest BCUT2D eigenvalue weighted by Crippen LogP contribution is -2.61. The van der Waals surface area contributed by atoms with Gasteiger partial charge in [-0.2, -0.15) is 8.78 Å². The monoisotopic (exact) mass is 735 g/mol. The average molecular weight is 736 g/mol. The Labute approximate surface area is 291 Å². The first-order chi connectivity index (χ1) is 23.5. The number of thiophene rings is 1. The summed E-state index contributed by atoms with van der Waals surface area (Å²) in [5.74, 6) is -1.16. The Hall–Kier alpha value is -3.95. The molecule has 2 aliphatic rings. The van der Waals surface area contributed by atoms with E-state index in [1.54, 1.807) is 31.3 Å². The van der Waals surface area contributed by atoms with Crippen molar-refractivity contribution in [2.75, 3.05) is 52.3 Å². The number of ether oxygens (including phenoxy) is 1. The van der Waals surface area contributed by atoms with Crippen molar-refractivity contribution < 1.29 is 47.0 Å². The molecule has 0 aliphatic carbocycles. The van der Waals surface area contributed by atoms with Crippen molar-refractivity contribution in [3.05, 3.63) is 59.0 Å². The third-order valence-electron chi connectivity index (χ3n) is 9.04. The Bertz CT molecular complexity index is 1820. The summed E-state index contributed by atoms with van der Waals surface area (Å²) in [5, 5.41) is 2.86. The topological polar surface area (TPSA) is 160 Å². The maximum absolute atomic E-state index is 14.4. The molecule has 0 bridgehead atoms. The van der Waals surface area contributed by atoms with Gasteiger partial charge in [0, 0.05) is 55.6 Å². The quantitative estimate of drug-likeness (QED) is 0.265. The highest BCUT2D eigenvalue weighted by Crippen LogP contribution is 2.59. The number of likely N-dealkylation sites (N-methyl/N-ethyl adjacent to an activating group) is 2. The van der Waals surface area contributed by atoms with Crippen LogP contribution in [0.4, 0.5) is 14.5 Å². The van der Waals surface area contributed by atoms with Crippen LogP contribution in [0, 0.1) is 0 Å². The highest BCUT2D eigenvalue weighted by molar-refractivity contribution is 7.52. The van der Waals surface area contributed by atoms with Crippen LogP contribution in [-0.4, -0.2) is 114 Å². The van der Waals surface area contributed by atoms with E-state index in [2.05, 4.69) is 5.32 Å². The second-order valence-electron chi connectivity index (χ2n) is 12.8. The van der Waals surface area contributed by atoms with E-state index >= 15 is 0 Å². The van der Waals surface area contributed by atoms with Crippen LogP contribution in [0.1, 0.15) is 41.4 Å². The minimum absolute atomic E-state index is 0.0559. The summed E-state index contributed by atoms with van der Waals surface area (Å²) < 4.78 is 46.2. The van der Waals surface area contributed by atoms with Gasteiger partial charge in [0.2, 0.25) is 17.7 Å². The van der Waals surface area contributed by atoms with Gasteiger partial charge < -0.3 is 39.4 Å². The van der Waals surface area contributed by atoms with E-state index in [4.69, 9.17) is 14.5 Å². The van der Waals surface area contributed by atoms with E-state index in [-0.39, 0.29) is 34.7 Å². The lowest BCUT2D eigenvalue weighted by molar-refractivity contribution is -0.144. The number of nitrogens with zero attached hydrogens (tertiary/aromatic N) is 4. The molecule has 0 spiro atoms. The number of amides is 4. The molecule has 1 aromatic heterocycles. The molecule has 2 fully saturated rings. The predicted octanol–water partition coefficient (Wildman–Crippen LogP) is 3.44. The Morgan fingerprint density at radius 2 is 1.76 bits per heavy atom. The molecule has 13 nitrogen and oxygen atoms in total. The zero-order valence-corrected chi connectivity index (χ0v) is 29.8. The fourth-order valence-electron chi connectivity index (χ4n) is 6.21. The van der Waals surface area contributed by atoms with E-state index in [0.717, 1.165) is 30.0 Å². The van der Waals surface area contributed by atoms with Gasteiger partial charge in [-0.15, -0.1) is 11.3 Å². The van der Waals surface area contributed by atoms with Gasteiger partial charge >= 0.3 is 13.3 Å². The first-order valence-electron chi connectivity index (χ1n) is 16.0. The number of hydrogen-bond acceptors (Lipinski definition) is 8. The Kier molecular flexibility index (Phi) is 11.0. The second-order valence-corrected chi connectivity index (χ2v) is 15.5. The number of benzene rings is 2. The van der Waals surface area contributed by atoms with Crippen molar-refractivity contribution >= 4 is 58.3 Å². The lowest BCUT2D eigenvalue weighted by Gasteiger charge is -2.39. The molecule has 3 heterocycles. The van der Waals surface area contributed by atoms with Gasteiger partial charge in [0.05, 0.1) is 4.88 Å². The van der Waals surface area contributed by atoms with Gasteiger partial charge in [-0.3, -0.25) is 23.7 Å². The van der Waals surface area contributed by atoms with Gasteiger partial charge in [-0.05, 0) is 81.2 Å². The molecule has 3 atom stereocenters. The Morgan fingerprint density at radius 3 is 2.40 bits per heavy atom. The molecular weight excluding hydrogens is 695 g/mol. The molecule has 4 amide bonds. The van der Waals surface area contributed by atoms with E-state index in [0.29, 0.717) is 48.6 Å². The lowest BCUT2D eigenvalue weighted by atomic mass is 10.1. The molecule has 2 aliphatic heterocycles. The number of anilines is 1. The summed E-state index contributed by atoms with van der Waals surface area (Å²) in [5.41, 5.74) is -4.72. The number of fused-ring (bicyclic) bond motifs is 2. The number of carbonyl (C=O) groups excluding carboxylic acids is 4. The average Bonchev–Trinajstić information content (AvgIpc) is 3.68. The zero-order chi connectivity index (χ0) is 36.5. The third kappa shape index (κ3) is 7.84. The first-order valence-corrected chi connectivity index (χ1v) is 18.4. The fraction of sp³-hybridized carbons (Fsp3) is 0.455. The van der Waals surface area contributed by atoms with Crippen LogP contribution in [0.15, 0.2) is 48.5 Å². The molecule has 17 heteroatoms. The van der Waals surface area contributed by atoms with Gasteiger partial charge in [0.15, 0.2) is 0 Å². The number of carbonyl (C=O) groups is 4. The third-order valence-corrected chi connectivity index (χ3v) is 11.1. The van der Waals surface area contributed by atoms with E-state index in [1.807, 2.05) is 19.0 Å². The van der Waals surface area contributed by atoms with Gasteiger partial charge in [0.25, 0.3) is 5.91 Å². The van der Waals surface area contributed by atoms with Crippen molar-refractivity contribution in [3.63, 3.8) is 0 Å². The molecule has 5 rings (SSSR count). The molecule has 50 heavy (non-hydrogen) atoms. The Morgan fingerprint density at radius 1 is 1.06 bits per heavy atom. The highest BCUT2D eigenvalue weighted by Gasteiger charge is 2.50. The molecule has 2 saturated heterocycles. The number of rotatable bonds is 10. The van der Waals surface area contributed by atoms with E-state index < -0.39 is 42.7 Å². The number of halogens is 2. The fourth-order valence-corrected chi connectivity index (χ4v) is 7.63. The SMILES string of the molecule is CC(=O)N1CC[C@H]2CC[C@@H](C(=O)N(C)c3ccc(OCCN(C)C)cc3)N2C(=O)[C@@H](NC(=O)c2cc3cc(C(F)(F)P(=O)(O)O)ccc3s2)C1. The molecular formula is C33H40F2N5O8PS. The van der Waals surface area contributed by atoms with Gasteiger partial charge in [-0.25, -0.2) is 0 Å². The van der Waals surface area contributed by atoms with Crippen LogP contribution >= 0.6 is 18.9 Å². The molecule has 0 unspecified atom stereocenters. The van der Waals surface area contributed by atoms with Gasteiger partial charge in [0.1, 0.15) is 24.4 Å². The second kappa shape index (κ2) is 14.7. The summed E-state index contributed by atoms with van der Waals surface area (Å²) in [6, 6.07) is 9.02. The van der Waals surface area contributed by atoms with Crippen molar-refractivity contribution in [3.8, 4) is 5.75 Å². The molecule has 0 radical (unpaired) electrons. The largest absolute Gasteiger partial charge is 0.492 e. The van der Waals surface area contributed by atoms with Crippen LogP contribution < -0.4 is 15.0 Å². The maximum Gasteiger partial charge on any atom is 0.399 e. The summed E-state index contributed by atoms with van der Waals surface area (Å²) in [7, 11) is -0.280. The molecule has 2 aromatic carbocycles. The van der Waals surface area contributed by atoms with Gasteiger partial charge in [-0.1, -0.05) is 6.07 Å². The van der Waals surface area contributed by atoms with Crippen molar-refractivity contribution in [2.45, 2.75) is 50.0 Å². The van der Waals surface area contributed by atoms with E-state index in [1.165, 1.54) is 33.8 Å². The minimum atomic E-state index is -5.80. The van der Waals surface area contributed by atoms with Crippen LogP contribution in [-0.2, 0) is 24.6 Å². The molecule has 0 saturated carbocycles. The summed E-state index contributed by atoms with van der Waals surface area (Å²) >= 11 is 0.943. The van der Waals surface area contributed by atoms with Crippen LogP contribution in [0.25, 0.3) is 10.1 Å². The number of hydrogen-bond donors (Lipinski definition) is 3. The molecule has 3 aromatic rings. The highest BCUT2D eigenvalue weighted by atomic mass is 32.1. The van der Waals surface area contributed by atoms with Crippen LogP contribution in [0.5, 0.6) is 5.75 Å². The number of nitrogens with one attached hydrogen (secondary N) is 1. The molecule has 3 N–H and O–H groups in total. The summed E-state index contributed by atoms with van der Waals surface area (Å²) in [6.07, 6.45) is 1.37. The van der Waals surface area contributed by atoms with Crippen molar-refractivity contribution in [1.82, 2.24) is 20.0 Å². The smallest absolute Gasteiger partial charge is 0.399 e. The predicted molar refractivity (Wildman–Crippen MR) is 183 cm³/mol. The maximum atomic E-state index is 14.4. The van der Waals surface area contributed by atoms with E-state index in [9.17, 15) is 32.5 Å². The van der Waals surface area contributed by atoms with Crippen molar-refractivity contribution in [1.29, 1.82) is 0 Å². The normalized spacial score (nSPS) is 20.0. The van der Waals surface area contributed by atoms with Crippen LogP contribution in [0.3, 0.4) is 0 Å². The zero-order valence-electron chi connectivity index (χ0n) is 28.0. The van der Waals surface area contributed by atoms with Crippen molar-refractivity contribution in [2.24, 2.45) is 0 Å². The summed E-state index contributed by atoms with van der Waals surface area (Å²) in [6.45, 7) is 2.78. The standard InChI is InChI=1S/C33H40F2N5O8PS/c1-20(41)39-14-13-24-8-11-27(32(44)38(4)23-6-9-25(10-7-23)48-16-15-37(2)3)40(24)31(43)26(19-39)36-30(42)29-18-21-17-22(5-12-28(21)50-29)33(34,35)49(45,46)47/h5-7,9-10,12,17-18,24,26-27H,8,11,13-16,19H2,1-4H3,(H,36,42)(H2,45,46,47)/t24-,26+,27+/m1/s1. The Balaban J connectivity index is 1.35. The number of alkyl halides is 2. The van der Waals surface area contributed by atoms with Crippen LogP contribution in [0.2, 0.25) is 0 Å². The minimum Gasteiger partial charge on any atom is -0.492 e. The summed E-state index contributed by atoms with van der Waals surface area (Å²) in [4.78, 5) is 79.0. The molecule has 270 valence electrons.